The molecule has 1 fully saturated rings. The molecule has 0 spiro atoms. The number of ether oxygens (including phenoxy) is 3. The number of carbonyl (C=O) groups excluding carboxylic acids is 1. The van der Waals surface area contributed by atoms with E-state index >= 15 is 0 Å². The summed E-state index contributed by atoms with van der Waals surface area (Å²) in [6.07, 6.45) is 0.174. The van der Waals surface area contributed by atoms with Gasteiger partial charge in [-0.2, -0.15) is 0 Å². The van der Waals surface area contributed by atoms with Gasteiger partial charge in [0.1, 0.15) is 22.4 Å². The van der Waals surface area contributed by atoms with Crippen LogP contribution >= 0.6 is 0 Å². The zero-order chi connectivity index (χ0) is 28.8. The van der Waals surface area contributed by atoms with Gasteiger partial charge in [-0.1, -0.05) is 18.2 Å². The predicted octanol–water partition coefficient (Wildman–Crippen LogP) is 1.61. The predicted molar refractivity (Wildman–Crippen MR) is 141 cm³/mol. The van der Waals surface area contributed by atoms with Gasteiger partial charge in [-0.15, -0.1) is 0 Å². The van der Waals surface area contributed by atoms with Crippen molar-refractivity contribution < 1.29 is 42.4 Å². The SMILES string of the molecule is COc1ccc(S(=O)(=O)N2C(=O)C(c3cccnc3OC)(N3C[C@H](O)C[C@H]3C(=O)O)c3ccccc32)c(OC)c1. The van der Waals surface area contributed by atoms with E-state index in [1.165, 1.54) is 62.8 Å². The first-order valence-electron chi connectivity index (χ1n) is 12.2. The monoisotopic (exact) mass is 569 g/mol. The first-order chi connectivity index (χ1) is 19.1. The van der Waals surface area contributed by atoms with Crippen LogP contribution in [-0.4, -0.2) is 80.4 Å². The van der Waals surface area contributed by atoms with Crippen LogP contribution in [0.4, 0.5) is 5.69 Å². The summed E-state index contributed by atoms with van der Waals surface area (Å²) in [6, 6.07) is 12.1. The van der Waals surface area contributed by atoms with Crippen LogP contribution in [0.3, 0.4) is 0 Å². The summed E-state index contributed by atoms with van der Waals surface area (Å²) in [7, 11) is -0.589. The Balaban J connectivity index is 1.84. The van der Waals surface area contributed by atoms with Crippen molar-refractivity contribution >= 4 is 27.6 Å². The van der Waals surface area contributed by atoms with E-state index in [-0.39, 0.29) is 46.3 Å². The van der Waals surface area contributed by atoms with E-state index in [2.05, 4.69) is 4.98 Å². The van der Waals surface area contributed by atoms with E-state index in [1.54, 1.807) is 24.3 Å². The number of methoxy groups -OCH3 is 3. The second kappa shape index (κ2) is 10.1. The number of carboxylic acids is 1. The van der Waals surface area contributed by atoms with Crippen molar-refractivity contribution in [3.63, 3.8) is 0 Å². The number of carbonyl (C=O) groups is 2. The van der Waals surface area contributed by atoms with Gasteiger partial charge < -0.3 is 24.4 Å². The minimum Gasteiger partial charge on any atom is -0.497 e. The summed E-state index contributed by atoms with van der Waals surface area (Å²) in [6.45, 7) is -0.227. The van der Waals surface area contributed by atoms with E-state index in [0.29, 0.717) is 10.1 Å². The Morgan fingerprint density at radius 3 is 2.42 bits per heavy atom. The van der Waals surface area contributed by atoms with Crippen molar-refractivity contribution in [2.75, 3.05) is 32.2 Å². The molecule has 12 nitrogen and oxygen atoms in total. The normalized spacial score (nSPS) is 22.7. The molecule has 2 aliphatic rings. The third-order valence-corrected chi connectivity index (χ3v) is 8.98. The van der Waals surface area contributed by atoms with E-state index in [9.17, 15) is 28.2 Å². The van der Waals surface area contributed by atoms with Gasteiger partial charge in [-0.3, -0.25) is 14.5 Å². The van der Waals surface area contributed by atoms with Crippen LogP contribution in [0.25, 0.3) is 0 Å². The minimum atomic E-state index is -4.64. The van der Waals surface area contributed by atoms with E-state index in [0.717, 1.165) is 0 Å². The van der Waals surface area contributed by atoms with Crippen LogP contribution in [0, 0.1) is 0 Å². The topological polar surface area (TPSA) is 156 Å². The number of anilines is 1. The number of aromatic nitrogens is 1. The number of aliphatic hydroxyl groups excluding tert-OH is 1. The number of hydrogen-bond donors (Lipinski definition) is 2. The number of hydrogen-bond acceptors (Lipinski definition) is 10. The fourth-order valence-corrected chi connectivity index (χ4v) is 7.19. The van der Waals surface area contributed by atoms with Gasteiger partial charge in [-0.25, -0.2) is 17.7 Å². The maximum Gasteiger partial charge on any atom is 0.321 e. The lowest BCUT2D eigenvalue weighted by atomic mass is 9.82. The zero-order valence-electron chi connectivity index (χ0n) is 21.8. The molecule has 210 valence electrons. The molecule has 0 saturated carbocycles. The number of para-hydroxylation sites is 1. The van der Waals surface area contributed by atoms with Crippen LogP contribution in [-0.2, 0) is 25.2 Å². The van der Waals surface area contributed by atoms with Crippen molar-refractivity contribution in [3.05, 3.63) is 71.9 Å². The summed E-state index contributed by atoms with van der Waals surface area (Å²) in [5.74, 6) is -1.97. The maximum absolute atomic E-state index is 14.8. The average Bonchev–Trinajstić information content (AvgIpc) is 3.48. The fourth-order valence-electron chi connectivity index (χ4n) is 5.59. The molecule has 3 aromatic rings. The van der Waals surface area contributed by atoms with Gasteiger partial charge in [0, 0.05) is 36.4 Å². The van der Waals surface area contributed by atoms with Crippen LogP contribution in [0.2, 0.25) is 0 Å². The van der Waals surface area contributed by atoms with Crippen molar-refractivity contribution in [3.8, 4) is 17.4 Å². The summed E-state index contributed by atoms with van der Waals surface area (Å²) < 4.78 is 45.3. The van der Waals surface area contributed by atoms with E-state index in [4.69, 9.17) is 14.2 Å². The van der Waals surface area contributed by atoms with Gasteiger partial charge in [-0.05, 0) is 30.3 Å². The Bertz CT molecular complexity index is 1600. The molecule has 2 aromatic carbocycles. The quantitative estimate of drug-likeness (QED) is 0.406. The summed E-state index contributed by atoms with van der Waals surface area (Å²) in [5.41, 5.74) is -1.68. The zero-order valence-corrected chi connectivity index (χ0v) is 22.7. The van der Waals surface area contributed by atoms with Crippen molar-refractivity contribution in [1.29, 1.82) is 0 Å². The third-order valence-electron chi connectivity index (χ3n) is 7.24. The third kappa shape index (κ3) is 3.88. The number of amides is 1. The Kier molecular flexibility index (Phi) is 6.90. The van der Waals surface area contributed by atoms with Gasteiger partial charge in [0.25, 0.3) is 15.9 Å². The Morgan fingerprint density at radius 1 is 1.02 bits per heavy atom. The molecule has 0 radical (unpaired) electrons. The highest BCUT2D eigenvalue weighted by atomic mass is 32.2. The molecule has 2 aliphatic heterocycles. The number of sulfonamides is 1. The maximum atomic E-state index is 14.8. The average molecular weight is 570 g/mol. The second-order valence-electron chi connectivity index (χ2n) is 9.28. The molecular formula is C27H27N3O9S. The summed E-state index contributed by atoms with van der Waals surface area (Å²) in [4.78, 5) is 32.5. The van der Waals surface area contributed by atoms with Gasteiger partial charge in [0.2, 0.25) is 5.88 Å². The highest BCUT2D eigenvalue weighted by molar-refractivity contribution is 7.93. The van der Waals surface area contributed by atoms with Crippen LogP contribution < -0.4 is 18.5 Å². The highest BCUT2D eigenvalue weighted by Gasteiger charge is 2.64. The van der Waals surface area contributed by atoms with Crippen LogP contribution in [0.15, 0.2) is 65.7 Å². The Morgan fingerprint density at radius 2 is 1.75 bits per heavy atom. The number of carboxylic acid groups (broad SMARTS) is 1. The molecule has 0 bridgehead atoms. The molecule has 2 N–H and O–H groups in total. The molecule has 3 atom stereocenters. The van der Waals surface area contributed by atoms with Crippen LogP contribution in [0.5, 0.6) is 17.4 Å². The van der Waals surface area contributed by atoms with E-state index in [1.807, 2.05) is 0 Å². The van der Waals surface area contributed by atoms with Crippen molar-refractivity contribution in [1.82, 2.24) is 9.88 Å². The lowest BCUT2D eigenvalue weighted by Gasteiger charge is -2.40. The van der Waals surface area contributed by atoms with Gasteiger partial charge in [0.05, 0.1) is 33.1 Å². The molecule has 0 aliphatic carbocycles. The largest absolute Gasteiger partial charge is 0.497 e. The number of likely N-dealkylation sites (tertiary alicyclic amines) is 1. The smallest absolute Gasteiger partial charge is 0.321 e. The van der Waals surface area contributed by atoms with Crippen LogP contribution in [0.1, 0.15) is 17.5 Å². The van der Waals surface area contributed by atoms with Gasteiger partial charge in [0.15, 0.2) is 5.54 Å². The number of nitrogens with zero attached hydrogens (tertiary/aromatic N) is 3. The highest BCUT2D eigenvalue weighted by Crippen LogP contribution is 2.54. The lowest BCUT2D eigenvalue weighted by Crippen LogP contribution is -2.58. The molecule has 40 heavy (non-hydrogen) atoms. The molecule has 1 aromatic heterocycles. The number of fused-ring (bicyclic) bond motifs is 1. The molecule has 13 heteroatoms. The first kappa shape index (κ1) is 27.4. The first-order valence-corrected chi connectivity index (χ1v) is 13.6. The minimum absolute atomic E-state index is 0.00235. The Hall–Kier alpha value is -4.20. The van der Waals surface area contributed by atoms with Crippen molar-refractivity contribution in [2.45, 2.75) is 29.0 Å². The summed E-state index contributed by atoms with van der Waals surface area (Å²) >= 11 is 0. The number of aliphatic carboxylic acids is 1. The van der Waals surface area contributed by atoms with E-state index < -0.39 is 39.6 Å². The number of β-amino-alcohol motifs (C(OH)–C–C–N with tert-alkyl or cyclic N) is 1. The molecule has 1 unspecified atom stereocenters. The molecule has 5 rings (SSSR count). The van der Waals surface area contributed by atoms with Crippen molar-refractivity contribution in [2.24, 2.45) is 0 Å². The number of rotatable bonds is 8. The fraction of sp³-hybridized carbons (Fsp3) is 0.296. The number of aliphatic hydroxyl groups is 1. The second-order valence-corrected chi connectivity index (χ2v) is 11.0. The lowest BCUT2D eigenvalue weighted by molar-refractivity contribution is -0.145. The molecule has 1 saturated heterocycles. The molecule has 3 heterocycles. The standard InChI is InChI=1S/C27H27N3O9S/c1-37-17-10-11-23(22(14-17)38-2)40(35,36)30-20-9-5-4-7-18(20)27(26(30)34,19-8-6-12-28-24(19)39-3)29-15-16(31)13-21(29)25(32)33/h4-12,14,16,21,31H,13,15H2,1-3H3,(H,32,33)/t16-,21+,27?/m1/s1. The van der Waals surface area contributed by atoms with Gasteiger partial charge >= 0.3 is 5.97 Å². The number of benzene rings is 2. The Labute approximate surface area is 230 Å². The molecule has 1 amide bonds. The summed E-state index contributed by atoms with van der Waals surface area (Å²) in [5, 5.41) is 20.7. The molecular weight excluding hydrogens is 542 g/mol. The number of pyridine rings is 1.